The number of hydrogen-bond donors (Lipinski definition) is 4. The highest BCUT2D eigenvalue weighted by Crippen LogP contribution is 2.12. The van der Waals surface area contributed by atoms with Crippen molar-refractivity contribution in [2.45, 2.75) is 30.6 Å². The predicted molar refractivity (Wildman–Crippen MR) is 159 cm³/mol. The highest BCUT2D eigenvalue weighted by molar-refractivity contribution is 7.88. The fraction of sp³-hybridized carbons (Fsp3) is 0.161. The number of thiocarbonyl (C=S) groups is 1. The number of fused-ring (bicyclic) bond motifs is 1. The first kappa shape index (κ1) is 28.1. The Morgan fingerprint density at radius 1 is 1.05 bits per heavy atom. The Balaban J connectivity index is 1.32. The summed E-state index contributed by atoms with van der Waals surface area (Å²) in [5, 5.41) is 22.7. The number of aliphatic hydroxyl groups excluding tert-OH is 1. The number of amides is 1. The summed E-state index contributed by atoms with van der Waals surface area (Å²) in [7, 11) is -1.29. The number of hydrogen-bond acceptors (Lipinski definition) is 5. The molecule has 0 heterocycles. The molecule has 8 heteroatoms. The van der Waals surface area contributed by atoms with E-state index >= 15 is 0 Å². The number of benzene rings is 3. The topological polar surface area (TPSA) is 90.5 Å². The Morgan fingerprint density at radius 2 is 1.77 bits per heavy atom. The zero-order chi connectivity index (χ0) is 27.6. The van der Waals surface area contributed by atoms with Crippen LogP contribution in [0.25, 0.3) is 11.3 Å². The molecule has 0 fully saturated rings. The third-order valence-electron chi connectivity index (χ3n) is 6.07. The molecule has 1 aliphatic rings. The van der Waals surface area contributed by atoms with Gasteiger partial charge in [-0.1, -0.05) is 90.4 Å². The summed E-state index contributed by atoms with van der Waals surface area (Å²) in [4.78, 5) is 13.7. The Bertz CT molecular complexity index is 1610. The molecular weight excluding hydrogens is 526 g/mol. The molecule has 3 aromatic carbocycles. The van der Waals surface area contributed by atoms with Gasteiger partial charge in [-0.25, -0.2) is 4.21 Å². The maximum Gasteiger partial charge on any atom is 0.264 e. The lowest BCUT2D eigenvalue weighted by molar-refractivity contribution is -0.130. The molecule has 0 bridgehead atoms. The van der Waals surface area contributed by atoms with Crippen molar-refractivity contribution in [1.82, 2.24) is 16.0 Å². The molecule has 0 radical (unpaired) electrons. The number of carbonyl (C=O) groups excluding carboxylic acids is 1. The zero-order valence-corrected chi connectivity index (χ0v) is 23.0. The zero-order valence-electron chi connectivity index (χ0n) is 21.4. The van der Waals surface area contributed by atoms with Gasteiger partial charge in [-0.15, -0.1) is 0 Å². The molecule has 1 amide bonds. The molecule has 0 aliphatic heterocycles. The molecule has 1 aliphatic carbocycles. The average Bonchev–Trinajstić information content (AvgIpc) is 2.98. The van der Waals surface area contributed by atoms with Gasteiger partial charge in [0.15, 0.2) is 6.23 Å². The van der Waals surface area contributed by atoms with Crippen molar-refractivity contribution in [3.05, 3.63) is 124 Å². The smallest absolute Gasteiger partial charge is 0.264 e. The highest BCUT2D eigenvalue weighted by atomic mass is 32.2. The highest BCUT2D eigenvalue weighted by Gasteiger charge is 2.16. The lowest BCUT2D eigenvalue weighted by Gasteiger charge is -2.20. The lowest BCUT2D eigenvalue weighted by Crippen LogP contribution is -2.44. The predicted octanol–water partition coefficient (Wildman–Crippen LogP) is 2.14. The fourth-order valence-corrected chi connectivity index (χ4v) is 5.27. The number of carbonyl (C=O) groups is 1. The Labute approximate surface area is 235 Å². The molecule has 6 nitrogen and oxygen atoms in total. The molecule has 0 aromatic heterocycles. The minimum atomic E-state index is -1.42. The van der Waals surface area contributed by atoms with E-state index in [-0.39, 0.29) is 19.1 Å². The van der Waals surface area contributed by atoms with Gasteiger partial charge in [-0.3, -0.25) is 10.1 Å². The Kier molecular flexibility index (Phi) is 9.95. The van der Waals surface area contributed by atoms with Crippen molar-refractivity contribution in [2.75, 3.05) is 6.54 Å². The van der Waals surface area contributed by atoms with Crippen LogP contribution >= 0.6 is 12.2 Å². The van der Waals surface area contributed by atoms with E-state index in [1.165, 1.54) is 5.41 Å². The molecule has 4 rings (SSSR count). The van der Waals surface area contributed by atoms with Crippen LogP contribution in [-0.2, 0) is 22.1 Å². The van der Waals surface area contributed by atoms with E-state index in [1.54, 1.807) is 18.2 Å². The third kappa shape index (κ3) is 7.59. The van der Waals surface area contributed by atoms with Crippen molar-refractivity contribution in [1.29, 1.82) is 0 Å². The molecule has 198 valence electrons. The second kappa shape index (κ2) is 13.8. The average molecular weight is 556 g/mol. The van der Waals surface area contributed by atoms with Crippen LogP contribution in [0.15, 0.2) is 107 Å². The SMILES string of the molecule is C[C@@H](NC(=S)c1ccccc1CNC(=O)C(O)NC/C=C/S(=O)c1ccccc1)C1=c2ccccc2=C=C=C1. The summed E-state index contributed by atoms with van der Waals surface area (Å²) in [5.74, 6) is -0.572. The molecule has 3 aromatic rings. The van der Waals surface area contributed by atoms with E-state index in [9.17, 15) is 14.1 Å². The van der Waals surface area contributed by atoms with Gasteiger partial charge in [-0.05, 0) is 47.6 Å². The van der Waals surface area contributed by atoms with Gasteiger partial charge in [-0.2, -0.15) is 0 Å². The van der Waals surface area contributed by atoms with Crippen molar-refractivity contribution >= 4 is 45.2 Å². The molecule has 2 unspecified atom stereocenters. The second-order valence-corrected chi connectivity index (χ2v) is 10.5. The summed E-state index contributed by atoms with van der Waals surface area (Å²) in [6.45, 7) is 2.41. The van der Waals surface area contributed by atoms with E-state index in [2.05, 4.69) is 33.5 Å². The van der Waals surface area contributed by atoms with Crippen molar-refractivity contribution < 1.29 is 14.1 Å². The van der Waals surface area contributed by atoms with E-state index in [4.69, 9.17) is 12.2 Å². The molecule has 0 saturated heterocycles. The molecule has 4 N–H and O–H groups in total. The Hall–Kier alpha value is -3.87. The van der Waals surface area contributed by atoms with Crippen LogP contribution in [0, 0.1) is 0 Å². The lowest BCUT2D eigenvalue weighted by atomic mass is 10.0. The van der Waals surface area contributed by atoms with Crippen molar-refractivity contribution in [3.63, 3.8) is 0 Å². The molecule has 39 heavy (non-hydrogen) atoms. The van der Waals surface area contributed by atoms with Gasteiger partial charge in [0, 0.05) is 34.2 Å². The van der Waals surface area contributed by atoms with E-state index < -0.39 is 22.9 Å². The van der Waals surface area contributed by atoms with Gasteiger partial charge in [0.2, 0.25) is 0 Å². The van der Waals surface area contributed by atoms with Gasteiger partial charge in [0.1, 0.15) is 4.99 Å². The molecular formula is C31H29N3O3S2. The van der Waals surface area contributed by atoms with Gasteiger partial charge < -0.3 is 15.7 Å². The number of aliphatic hydroxyl groups is 1. The van der Waals surface area contributed by atoms with Crippen molar-refractivity contribution in [3.8, 4) is 0 Å². The Morgan fingerprint density at radius 3 is 2.59 bits per heavy atom. The third-order valence-corrected chi connectivity index (χ3v) is 7.59. The standard InChI is InChI=1S/C31H29N3O3S2/c1-22(26-18-9-13-23-11-5-7-16-27(23)26)34-31(38)28-17-8-6-12-24(28)21-33-30(36)29(35)32-19-10-20-39(37)25-14-3-2-4-15-25/h2-8,10-12,14-18,20,22,29,32,35H,19,21H2,1H3,(H,33,36)(H,34,38)/b20-10+/t22-,29?,39?/m1/s1. The molecule has 0 spiro atoms. The van der Waals surface area contributed by atoms with E-state index in [1.807, 2.05) is 73.7 Å². The second-order valence-electron chi connectivity index (χ2n) is 8.78. The van der Waals surface area contributed by atoms with Gasteiger partial charge in [0.05, 0.1) is 16.8 Å². The first-order valence-corrected chi connectivity index (χ1v) is 14.1. The maximum absolute atomic E-state index is 12.5. The van der Waals surface area contributed by atoms with Gasteiger partial charge in [0.25, 0.3) is 5.91 Å². The summed E-state index contributed by atoms with van der Waals surface area (Å²) >= 11 is 5.73. The quantitative estimate of drug-likeness (QED) is 0.165. The first-order chi connectivity index (χ1) is 18.9. The normalized spacial score (nSPS) is 14.3. The van der Waals surface area contributed by atoms with Crippen LogP contribution < -0.4 is 26.4 Å². The summed E-state index contributed by atoms with van der Waals surface area (Å²) in [6.07, 6.45) is 2.11. The minimum absolute atomic E-state index is 0.0776. The van der Waals surface area contributed by atoms with Crippen LogP contribution in [-0.4, -0.2) is 39.0 Å². The van der Waals surface area contributed by atoms with Crippen molar-refractivity contribution in [2.24, 2.45) is 0 Å². The monoisotopic (exact) mass is 555 g/mol. The van der Waals surface area contributed by atoms with Crippen LogP contribution in [0.5, 0.6) is 0 Å². The first-order valence-electron chi connectivity index (χ1n) is 12.4. The number of rotatable bonds is 11. The van der Waals surface area contributed by atoms with E-state index in [0.29, 0.717) is 9.88 Å². The van der Waals surface area contributed by atoms with Crippen LogP contribution in [0.3, 0.4) is 0 Å². The van der Waals surface area contributed by atoms with Crippen LogP contribution in [0.4, 0.5) is 0 Å². The molecule has 0 saturated carbocycles. The summed E-state index contributed by atoms with van der Waals surface area (Å²) in [6, 6.07) is 24.5. The summed E-state index contributed by atoms with van der Waals surface area (Å²) < 4.78 is 12.2. The van der Waals surface area contributed by atoms with E-state index in [0.717, 1.165) is 27.1 Å². The minimum Gasteiger partial charge on any atom is -0.370 e. The maximum atomic E-state index is 12.5. The fourth-order valence-electron chi connectivity index (χ4n) is 4.04. The molecule has 3 atom stereocenters. The summed E-state index contributed by atoms with van der Waals surface area (Å²) in [5.41, 5.74) is 8.89. The largest absolute Gasteiger partial charge is 0.370 e. The van der Waals surface area contributed by atoms with Gasteiger partial charge >= 0.3 is 0 Å². The van der Waals surface area contributed by atoms with Crippen LogP contribution in [0.1, 0.15) is 18.1 Å². The number of nitrogens with one attached hydrogen (secondary N) is 3. The van der Waals surface area contributed by atoms with Crippen LogP contribution in [0.2, 0.25) is 0 Å².